The zero-order valence-corrected chi connectivity index (χ0v) is 18.7. The van der Waals surface area contributed by atoms with E-state index < -0.39 is 33.6 Å². The zero-order chi connectivity index (χ0) is 25.5. The van der Waals surface area contributed by atoms with E-state index in [1.54, 1.807) is 0 Å². The normalized spacial score (nSPS) is 11.9. The van der Waals surface area contributed by atoms with Gasteiger partial charge in [-0.3, -0.25) is 9.52 Å². The van der Waals surface area contributed by atoms with Crippen LogP contribution in [0.3, 0.4) is 0 Å². The summed E-state index contributed by atoms with van der Waals surface area (Å²) in [4.78, 5) is 15.8. The minimum Gasteiger partial charge on any atom is -0.396 e. The Kier molecular flexibility index (Phi) is 8.78. The third-order valence-corrected chi connectivity index (χ3v) is 4.92. The van der Waals surface area contributed by atoms with Crippen LogP contribution in [0.25, 0.3) is 6.08 Å². The number of nitrogens with zero attached hydrogens (tertiary/aromatic N) is 1. The molecule has 0 unspecified atom stereocenters. The molecule has 1 heterocycles. The zero-order valence-electron chi connectivity index (χ0n) is 17.9. The van der Waals surface area contributed by atoms with Crippen molar-refractivity contribution in [3.8, 4) is 12.3 Å². The van der Waals surface area contributed by atoms with Crippen molar-refractivity contribution in [2.75, 3.05) is 17.6 Å². The number of aromatic nitrogens is 1. The Bertz CT molecular complexity index is 1240. The second-order valence-electron chi connectivity index (χ2n) is 7.13. The summed E-state index contributed by atoms with van der Waals surface area (Å²) in [7, 11) is -3.77. The fourth-order valence-corrected chi connectivity index (χ4v) is 3.43. The van der Waals surface area contributed by atoms with Gasteiger partial charge in [-0.1, -0.05) is 12.0 Å². The van der Waals surface area contributed by atoms with Crippen molar-refractivity contribution in [2.45, 2.75) is 25.6 Å². The quantitative estimate of drug-likeness (QED) is 0.279. The highest BCUT2D eigenvalue weighted by molar-refractivity contribution is 7.92. The van der Waals surface area contributed by atoms with Gasteiger partial charge in [0.1, 0.15) is 11.5 Å². The Morgan fingerprint density at radius 1 is 1.29 bits per heavy atom. The van der Waals surface area contributed by atoms with Gasteiger partial charge in [-0.2, -0.15) is 13.2 Å². The van der Waals surface area contributed by atoms with Crippen molar-refractivity contribution in [2.24, 2.45) is 0 Å². The third kappa shape index (κ3) is 7.86. The molecule has 12 heteroatoms. The topological polar surface area (TPSA) is 108 Å². The molecule has 3 N–H and O–H groups in total. The van der Waals surface area contributed by atoms with Crippen molar-refractivity contribution in [3.63, 3.8) is 0 Å². The van der Waals surface area contributed by atoms with Crippen molar-refractivity contribution in [3.05, 3.63) is 64.2 Å². The van der Waals surface area contributed by atoms with E-state index in [2.05, 4.69) is 16.2 Å². The van der Waals surface area contributed by atoms with Crippen LogP contribution in [-0.4, -0.2) is 37.3 Å². The molecular formula is C22H21F4N3O4S. The summed E-state index contributed by atoms with van der Waals surface area (Å²) in [5.74, 6) is 0.617. The Morgan fingerprint density at radius 2 is 2.00 bits per heavy atom. The van der Waals surface area contributed by atoms with Crippen LogP contribution < -0.4 is 10.0 Å². The first-order chi connectivity index (χ1) is 15.8. The Labute approximate surface area is 194 Å². The van der Waals surface area contributed by atoms with Gasteiger partial charge < -0.3 is 10.4 Å². The molecule has 0 radical (unpaired) electrons. The van der Waals surface area contributed by atoms with Gasteiger partial charge in [-0.15, -0.1) is 6.42 Å². The fourth-order valence-electron chi connectivity index (χ4n) is 2.85. The minimum atomic E-state index is -4.63. The van der Waals surface area contributed by atoms with Gasteiger partial charge >= 0.3 is 6.18 Å². The third-order valence-electron chi connectivity index (χ3n) is 4.35. The number of alkyl halides is 3. The number of sulfonamides is 1. The number of nitrogens with one attached hydrogen (secondary N) is 2. The number of hydrogen-bond acceptors (Lipinski definition) is 5. The highest BCUT2D eigenvalue weighted by Gasteiger charge is 2.32. The van der Waals surface area contributed by atoms with Gasteiger partial charge in [-0.05, 0) is 48.2 Å². The van der Waals surface area contributed by atoms with Crippen LogP contribution in [0, 0.1) is 18.2 Å². The summed E-state index contributed by atoms with van der Waals surface area (Å²) in [5, 5.41) is 11.4. The Morgan fingerprint density at radius 3 is 2.59 bits per heavy atom. The fraction of sp³-hybridized carbons (Fsp3) is 0.273. The first-order valence-electron chi connectivity index (χ1n) is 9.74. The lowest BCUT2D eigenvalue weighted by molar-refractivity contribution is -0.141. The average molecular weight is 499 g/mol. The number of hydrogen-bond donors (Lipinski definition) is 3. The number of rotatable bonds is 9. The Hall–Kier alpha value is -3.43. The predicted molar refractivity (Wildman–Crippen MR) is 118 cm³/mol. The minimum absolute atomic E-state index is 0.0606. The number of benzene rings is 1. The lowest BCUT2D eigenvalue weighted by atomic mass is 10.1. The largest absolute Gasteiger partial charge is 0.433 e. The van der Waals surface area contributed by atoms with E-state index in [0.29, 0.717) is 0 Å². The number of anilines is 1. The maximum absolute atomic E-state index is 14.3. The van der Waals surface area contributed by atoms with E-state index in [9.17, 15) is 30.8 Å². The summed E-state index contributed by atoms with van der Waals surface area (Å²) in [6.07, 6.45) is 4.14. The highest BCUT2D eigenvalue weighted by atomic mass is 32.2. The van der Waals surface area contributed by atoms with Gasteiger partial charge in [0.2, 0.25) is 15.9 Å². The van der Waals surface area contributed by atoms with Crippen LogP contribution in [0.2, 0.25) is 0 Å². The van der Waals surface area contributed by atoms with Crippen molar-refractivity contribution in [1.29, 1.82) is 0 Å². The number of aliphatic hydroxyl groups excluding tert-OH is 1. The number of terminal acetylenes is 1. The molecule has 2 aromatic rings. The predicted octanol–water partition coefficient (Wildman–Crippen LogP) is 2.85. The van der Waals surface area contributed by atoms with Crippen molar-refractivity contribution in [1.82, 2.24) is 10.3 Å². The van der Waals surface area contributed by atoms with Crippen LogP contribution >= 0.6 is 0 Å². The van der Waals surface area contributed by atoms with Crippen LogP contribution in [0.4, 0.5) is 23.2 Å². The second-order valence-corrected chi connectivity index (χ2v) is 8.88. The number of carbonyl (C=O) groups is 1. The van der Waals surface area contributed by atoms with Gasteiger partial charge in [0.05, 0.1) is 17.5 Å². The molecule has 182 valence electrons. The molecule has 0 atom stereocenters. The second kappa shape index (κ2) is 11.1. The molecule has 0 saturated heterocycles. The number of aliphatic hydroxyl groups is 1. The monoisotopic (exact) mass is 499 g/mol. The molecule has 7 nitrogen and oxygen atoms in total. The molecular weight excluding hydrogens is 478 g/mol. The molecule has 0 bridgehead atoms. The van der Waals surface area contributed by atoms with Crippen molar-refractivity contribution >= 4 is 27.7 Å². The van der Waals surface area contributed by atoms with Crippen LogP contribution in [-0.2, 0) is 34.0 Å². The summed E-state index contributed by atoms with van der Waals surface area (Å²) >= 11 is 0. The lowest BCUT2D eigenvalue weighted by Gasteiger charge is -2.11. The van der Waals surface area contributed by atoms with E-state index in [-0.39, 0.29) is 54.1 Å². The smallest absolute Gasteiger partial charge is 0.396 e. The number of amides is 1. The van der Waals surface area contributed by atoms with Gasteiger partial charge in [0.25, 0.3) is 0 Å². The van der Waals surface area contributed by atoms with E-state index in [1.807, 2.05) is 4.72 Å². The highest BCUT2D eigenvalue weighted by Crippen LogP contribution is 2.29. The number of aryl methyl sites for hydroxylation is 1. The molecule has 0 aliphatic heterocycles. The molecule has 0 saturated carbocycles. The molecule has 0 aliphatic rings. The van der Waals surface area contributed by atoms with Gasteiger partial charge in [0.15, 0.2) is 0 Å². The van der Waals surface area contributed by atoms with E-state index in [1.165, 1.54) is 18.2 Å². The number of carbonyl (C=O) groups excluding carboxylic acids is 1. The molecule has 0 aliphatic carbocycles. The first kappa shape index (κ1) is 26.8. The molecule has 34 heavy (non-hydrogen) atoms. The maximum Gasteiger partial charge on any atom is 0.433 e. The molecule has 1 aromatic carbocycles. The molecule has 2 rings (SSSR count). The van der Waals surface area contributed by atoms with E-state index in [4.69, 9.17) is 11.5 Å². The number of pyridine rings is 1. The maximum atomic E-state index is 14.3. The summed E-state index contributed by atoms with van der Waals surface area (Å²) in [5.41, 5.74) is -0.927. The van der Waals surface area contributed by atoms with Crippen molar-refractivity contribution < 1.29 is 35.9 Å². The van der Waals surface area contributed by atoms with Gasteiger partial charge in [-0.25, -0.2) is 17.8 Å². The van der Waals surface area contributed by atoms with Crippen LogP contribution in [0.15, 0.2) is 30.3 Å². The summed E-state index contributed by atoms with van der Waals surface area (Å²) in [6.45, 7) is -0.396. The van der Waals surface area contributed by atoms with Crippen LogP contribution in [0.5, 0.6) is 0 Å². The number of halogens is 4. The summed E-state index contributed by atoms with van der Waals surface area (Å²) in [6, 6.07) is 4.29. The van der Waals surface area contributed by atoms with Gasteiger partial charge in [0, 0.05) is 24.9 Å². The lowest BCUT2D eigenvalue weighted by Crippen LogP contribution is -2.21. The SMILES string of the molecule is C#Cc1cc(CNC(=O)C=Cc2ccc(C(F)(F)F)nc2CCCO)cc(F)c1NS(C)(=O)=O. The summed E-state index contributed by atoms with van der Waals surface area (Å²) < 4.78 is 77.8. The van der Waals surface area contributed by atoms with E-state index in [0.717, 1.165) is 24.5 Å². The first-order valence-corrected chi connectivity index (χ1v) is 11.6. The molecule has 0 fully saturated rings. The average Bonchev–Trinajstić information content (AvgIpc) is 2.75. The molecule has 1 amide bonds. The Balaban J connectivity index is 2.15. The molecule has 0 spiro atoms. The molecule has 1 aromatic heterocycles. The van der Waals surface area contributed by atoms with Crippen LogP contribution in [0.1, 0.15) is 34.5 Å². The van der Waals surface area contributed by atoms with E-state index >= 15 is 0 Å². The standard InChI is InChI=1S/C22H21F4N3O4S/c1-3-15-11-14(12-17(23)21(15)29-34(2,32)33)13-27-20(31)9-7-16-6-8-19(22(24,25)26)28-18(16)5-4-10-30/h1,6-9,11-12,29-30H,4-5,10,13H2,2H3,(H,27,31).